The minimum absolute atomic E-state index is 1.02. The summed E-state index contributed by atoms with van der Waals surface area (Å²) < 4.78 is 0. The van der Waals surface area contributed by atoms with Crippen molar-refractivity contribution in [2.45, 2.75) is 65.2 Å². The number of hydrogen-bond acceptors (Lipinski definition) is 0. The molecule has 0 aromatic carbocycles. The Morgan fingerprint density at radius 2 is 1.71 bits per heavy atom. The molecule has 0 saturated heterocycles. The van der Waals surface area contributed by atoms with Gasteiger partial charge in [0.05, 0.1) is 0 Å². The van der Waals surface area contributed by atoms with Crippen molar-refractivity contribution in [3.05, 3.63) is 0 Å². The van der Waals surface area contributed by atoms with Gasteiger partial charge in [0.2, 0.25) is 0 Å². The fourth-order valence-corrected chi connectivity index (χ4v) is 3.98. The smallest absolute Gasteiger partial charge is 0.0406 e. The van der Waals surface area contributed by atoms with Crippen LogP contribution in [-0.4, -0.2) is 0 Å². The van der Waals surface area contributed by atoms with E-state index in [0.717, 1.165) is 23.7 Å². The summed E-state index contributed by atoms with van der Waals surface area (Å²) in [6, 6.07) is 0. The zero-order valence-electron chi connectivity index (χ0n) is 9.97. The Hall–Kier alpha value is 0. The standard InChI is InChI=1S/C14H26/c1-3-12-5-4-6-13-7-11(2)8-14(9-12)10-13/h11-14H,3-10H2,1-2H3. The average molecular weight is 194 g/mol. The van der Waals surface area contributed by atoms with Crippen LogP contribution in [0.25, 0.3) is 0 Å². The van der Waals surface area contributed by atoms with Crippen molar-refractivity contribution in [3.8, 4) is 0 Å². The van der Waals surface area contributed by atoms with Crippen LogP contribution in [0.15, 0.2) is 0 Å². The molecule has 0 aromatic rings. The lowest BCUT2D eigenvalue weighted by molar-refractivity contribution is 0.144. The van der Waals surface area contributed by atoms with Gasteiger partial charge in [-0.3, -0.25) is 0 Å². The summed E-state index contributed by atoms with van der Waals surface area (Å²) in [6.07, 6.45) is 12.2. The van der Waals surface area contributed by atoms with Gasteiger partial charge < -0.3 is 0 Å². The van der Waals surface area contributed by atoms with Gasteiger partial charge in [0.1, 0.15) is 0 Å². The summed E-state index contributed by atoms with van der Waals surface area (Å²) >= 11 is 0. The van der Waals surface area contributed by atoms with E-state index in [2.05, 4.69) is 13.8 Å². The predicted octanol–water partition coefficient (Wildman–Crippen LogP) is 4.64. The van der Waals surface area contributed by atoms with Crippen LogP contribution in [-0.2, 0) is 0 Å². The predicted molar refractivity (Wildman–Crippen MR) is 62.2 cm³/mol. The van der Waals surface area contributed by atoms with Crippen molar-refractivity contribution in [3.63, 3.8) is 0 Å². The molecule has 0 spiro atoms. The van der Waals surface area contributed by atoms with E-state index in [4.69, 9.17) is 0 Å². The second-order valence-electron chi connectivity index (χ2n) is 5.99. The summed E-state index contributed by atoms with van der Waals surface area (Å²) in [7, 11) is 0. The molecule has 0 amide bonds. The Kier molecular flexibility index (Phi) is 3.52. The highest BCUT2D eigenvalue weighted by molar-refractivity contribution is 4.81. The fourth-order valence-electron chi connectivity index (χ4n) is 3.98. The van der Waals surface area contributed by atoms with Gasteiger partial charge in [-0.05, 0) is 49.4 Å². The normalized spacial score (nSPS) is 44.1. The highest BCUT2D eigenvalue weighted by atomic mass is 14.3. The van der Waals surface area contributed by atoms with Crippen molar-refractivity contribution in [1.82, 2.24) is 0 Å². The molecule has 4 unspecified atom stereocenters. The van der Waals surface area contributed by atoms with Gasteiger partial charge in [0, 0.05) is 0 Å². The first-order valence-electron chi connectivity index (χ1n) is 6.78. The van der Waals surface area contributed by atoms with Gasteiger partial charge in [0.25, 0.3) is 0 Å². The maximum absolute atomic E-state index is 2.47. The van der Waals surface area contributed by atoms with Crippen molar-refractivity contribution < 1.29 is 0 Å². The number of rotatable bonds is 1. The van der Waals surface area contributed by atoms with Crippen LogP contribution in [0.2, 0.25) is 0 Å². The van der Waals surface area contributed by atoms with Crippen LogP contribution >= 0.6 is 0 Å². The Balaban J connectivity index is 1.95. The summed E-state index contributed by atoms with van der Waals surface area (Å²) in [6.45, 7) is 4.86. The van der Waals surface area contributed by atoms with Crippen LogP contribution in [0.1, 0.15) is 65.2 Å². The van der Waals surface area contributed by atoms with Crippen molar-refractivity contribution in [2.24, 2.45) is 23.7 Å². The molecule has 2 fully saturated rings. The minimum Gasteiger partial charge on any atom is -0.0651 e. The molecule has 0 aromatic heterocycles. The molecule has 0 heteroatoms. The van der Waals surface area contributed by atoms with E-state index < -0.39 is 0 Å². The molecule has 2 saturated carbocycles. The van der Waals surface area contributed by atoms with Crippen LogP contribution in [0.3, 0.4) is 0 Å². The molecule has 0 radical (unpaired) electrons. The summed E-state index contributed by atoms with van der Waals surface area (Å²) in [5, 5.41) is 0. The highest BCUT2D eigenvalue weighted by Gasteiger charge is 2.29. The van der Waals surface area contributed by atoms with E-state index in [1.165, 1.54) is 38.5 Å². The Labute approximate surface area is 89.5 Å². The molecular weight excluding hydrogens is 168 g/mol. The fraction of sp³-hybridized carbons (Fsp3) is 1.00. The molecule has 2 rings (SSSR count). The lowest BCUT2D eigenvalue weighted by Crippen LogP contribution is -2.25. The molecule has 4 atom stereocenters. The molecular formula is C14H26. The third-order valence-electron chi connectivity index (χ3n) is 4.61. The minimum atomic E-state index is 1.02. The zero-order chi connectivity index (χ0) is 9.97. The molecule has 0 nitrogen and oxygen atoms in total. The van der Waals surface area contributed by atoms with Crippen LogP contribution in [0.4, 0.5) is 0 Å². The maximum Gasteiger partial charge on any atom is -0.0406 e. The second-order valence-corrected chi connectivity index (χ2v) is 5.99. The summed E-state index contributed by atoms with van der Waals surface area (Å²) in [5.74, 6) is 4.27. The quantitative estimate of drug-likeness (QED) is 0.570. The summed E-state index contributed by atoms with van der Waals surface area (Å²) in [4.78, 5) is 0. The maximum atomic E-state index is 2.47. The first-order valence-corrected chi connectivity index (χ1v) is 6.78. The number of fused-ring (bicyclic) bond motifs is 2. The largest absolute Gasteiger partial charge is 0.0651 e. The summed E-state index contributed by atoms with van der Waals surface area (Å²) in [5.41, 5.74) is 0. The van der Waals surface area contributed by atoms with Crippen LogP contribution < -0.4 is 0 Å². The van der Waals surface area contributed by atoms with Gasteiger partial charge in [-0.1, -0.05) is 39.5 Å². The molecule has 2 aliphatic rings. The van der Waals surface area contributed by atoms with Gasteiger partial charge in [-0.25, -0.2) is 0 Å². The molecule has 2 aliphatic carbocycles. The Morgan fingerprint density at radius 1 is 0.929 bits per heavy atom. The third kappa shape index (κ3) is 2.52. The number of hydrogen-bond donors (Lipinski definition) is 0. The molecule has 0 aliphatic heterocycles. The Bertz CT molecular complexity index is 173. The average Bonchev–Trinajstić information content (AvgIpc) is 2.13. The molecule has 14 heavy (non-hydrogen) atoms. The monoisotopic (exact) mass is 194 g/mol. The van der Waals surface area contributed by atoms with Crippen molar-refractivity contribution in [2.75, 3.05) is 0 Å². The first kappa shape index (κ1) is 10.5. The lowest BCUT2D eigenvalue weighted by atomic mass is 9.69. The Morgan fingerprint density at radius 3 is 2.50 bits per heavy atom. The zero-order valence-corrected chi connectivity index (χ0v) is 9.97. The van der Waals surface area contributed by atoms with E-state index in [-0.39, 0.29) is 0 Å². The van der Waals surface area contributed by atoms with E-state index in [1.807, 2.05) is 0 Å². The second kappa shape index (κ2) is 4.68. The van der Waals surface area contributed by atoms with E-state index in [0.29, 0.717) is 0 Å². The lowest BCUT2D eigenvalue weighted by Gasteiger charge is -2.37. The van der Waals surface area contributed by atoms with Gasteiger partial charge >= 0.3 is 0 Å². The molecule has 0 heterocycles. The van der Waals surface area contributed by atoms with Gasteiger partial charge in [-0.2, -0.15) is 0 Å². The van der Waals surface area contributed by atoms with E-state index >= 15 is 0 Å². The van der Waals surface area contributed by atoms with E-state index in [1.54, 1.807) is 12.8 Å². The van der Waals surface area contributed by atoms with Crippen molar-refractivity contribution >= 4 is 0 Å². The van der Waals surface area contributed by atoms with Gasteiger partial charge in [0.15, 0.2) is 0 Å². The van der Waals surface area contributed by atoms with E-state index in [9.17, 15) is 0 Å². The van der Waals surface area contributed by atoms with Crippen molar-refractivity contribution in [1.29, 1.82) is 0 Å². The van der Waals surface area contributed by atoms with Crippen LogP contribution in [0.5, 0.6) is 0 Å². The topological polar surface area (TPSA) is 0 Å². The molecule has 0 N–H and O–H groups in total. The highest BCUT2D eigenvalue weighted by Crippen LogP contribution is 2.42. The SMILES string of the molecule is CCC1CCCC2CC(C)CC(C1)C2. The third-order valence-corrected chi connectivity index (χ3v) is 4.61. The van der Waals surface area contributed by atoms with Crippen LogP contribution in [0, 0.1) is 23.7 Å². The van der Waals surface area contributed by atoms with Gasteiger partial charge in [-0.15, -0.1) is 0 Å². The molecule has 2 bridgehead atoms. The molecule has 82 valence electrons. The first-order chi connectivity index (χ1) is 6.78.